The van der Waals surface area contributed by atoms with Crippen LogP contribution in [0.15, 0.2) is 47.1 Å². The van der Waals surface area contributed by atoms with E-state index >= 15 is 0 Å². The number of halogens is 1. The summed E-state index contributed by atoms with van der Waals surface area (Å²) in [6.45, 7) is 0. The Hall–Kier alpha value is -2.60. The lowest BCUT2D eigenvalue weighted by atomic mass is 10.2. The number of benzene rings is 1. The molecule has 0 aliphatic carbocycles. The molecule has 1 amide bonds. The van der Waals surface area contributed by atoms with Crippen molar-refractivity contribution in [2.24, 2.45) is 0 Å². The lowest BCUT2D eigenvalue weighted by molar-refractivity contribution is -0.384. The van der Waals surface area contributed by atoms with Crippen LogP contribution < -0.4 is 5.32 Å². The summed E-state index contributed by atoms with van der Waals surface area (Å²) in [7, 11) is 0. The van der Waals surface area contributed by atoms with Crippen molar-refractivity contribution in [3.05, 3.63) is 63.6 Å². The molecule has 0 aliphatic rings. The molecule has 1 N–H and O–H groups in total. The van der Waals surface area contributed by atoms with Gasteiger partial charge in [-0.05, 0) is 24.3 Å². The first-order valence-corrected chi connectivity index (χ1v) is 5.90. The smallest absolute Gasteiger partial charge is 0.271 e. The number of carbonyl (C=O) groups is 1. The lowest BCUT2D eigenvalue weighted by Gasteiger charge is -2.04. The topological polar surface area (TPSA) is 85.4 Å². The Morgan fingerprint density at radius 1 is 1.40 bits per heavy atom. The van der Waals surface area contributed by atoms with Gasteiger partial charge in [0, 0.05) is 18.2 Å². The summed E-state index contributed by atoms with van der Waals surface area (Å²) in [4.78, 5) is 21.8. The largest absolute Gasteiger partial charge is 0.465 e. The number of carbonyl (C=O) groups excluding carboxylic acids is 1. The van der Waals surface area contributed by atoms with Crippen molar-refractivity contribution in [2.45, 2.75) is 0 Å². The van der Waals surface area contributed by atoms with Crippen LogP contribution in [0, 0.1) is 10.1 Å². The molecule has 0 radical (unpaired) electrons. The Labute approximate surface area is 118 Å². The highest BCUT2D eigenvalue weighted by Gasteiger charge is 2.10. The van der Waals surface area contributed by atoms with Crippen LogP contribution in [0.3, 0.4) is 0 Å². The molecule has 0 bridgehead atoms. The Bertz CT molecular complexity index is 665. The van der Waals surface area contributed by atoms with Gasteiger partial charge in [0.25, 0.3) is 5.69 Å². The van der Waals surface area contributed by atoms with Gasteiger partial charge in [-0.2, -0.15) is 0 Å². The summed E-state index contributed by atoms with van der Waals surface area (Å²) >= 11 is 5.86. The van der Waals surface area contributed by atoms with Crippen molar-refractivity contribution >= 4 is 35.0 Å². The van der Waals surface area contributed by atoms with Crippen molar-refractivity contribution in [3.8, 4) is 0 Å². The van der Waals surface area contributed by atoms with Gasteiger partial charge in [-0.15, -0.1) is 0 Å². The molecule has 6 nitrogen and oxygen atoms in total. The summed E-state index contributed by atoms with van der Waals surface area (Å²) in [5.74, 6) is 0.0501. The van der Waals surface area contributed by atoms with E-state index in [1.54, 1.807) is 12.1 Å². The quantitative estimate of drug-likeness (QED) is 0.531. The molecule has 7 heteroatoms. The first kappa shape index (κ1) is 13.8. The molecule has 2 aromatic rings. The molecule has 0 spiro atoms. The van der Waals surface area contributed by atoms with E-state index in [0.29, 0.717) is 5.76 Å². The maximum absolute atomic E-state index is 11.7. The number of amides is 1. The zero-order valence-electron chi connectivity index (χ0n) is 10.1. The van der Waals surface area contributed by atoms with Crippen LogP contribution in [0.25, 0.3) is 6.08 Å². The van der Waals surface area contributed by atoms with Gasteiger partial charge in [0.05, 0.1) is 21.9 Å². The van der Waals surface area contributed by atoms with E-state index in [4.69, 9.17) is 16.0 Å². The number of anilines is 1. The number of nitro groups is 1. The Morgan fingerprint density at radius 3 is 2.85 bits per heavy atom. The molecule has 2 rings (SSSR count). The second kappa shape index (κ2) is 6.03. The number of nitrogens with one attached hydrogen (secondary N) is 1. The summed E-state index contributed by atoms with van der Waals surface area (Å²) in [5, 5.41) is 13.3. The number of nitrogens with zero attached hydrogens (tertiary/aromatic N) is 1. The van der Waals surface area contributed by atoms with Crippen molar-refractivity contribution in [1.82, 2.24) is 0 Å². The van der Waals surface area contributed by atoms with Crippen LogP contribution in [0.5, 0.6) is 0 Å². The van der Waals surface area contributed by atoms with Crippen LogP contribution in [0.4, 0.5) is 11.4 Å². The minimum Gasteiger partial charge on any atom is -0.465 e. The molecule has 102 valence electrons. The molecule has 1 aromatic heterocycles. The summed E-state index contributed by atoms with van der Waals surface area (Å²) in [6.07, 6.45) is 4.20. The van der Waals surface area contributed by atoms with E-state index in [9.17, 15) is 14.9 Å². The number of rotatable bonds is 4. The van der Waals surface area contributed by atoms with E-state index < -0.39 is 10.8 Å². The number of hydrogen-bond donors (Lipinski definition) is 1. The molecule has 0 fully saturated rings. The highest BCUT2D eigenvalue weighted by Crippen LogP contribution is 2.26. The molecule has 0 saturated heterocycles. The maximum atomic E-state index is 11.7. The lowest BCUT2D eigenvalue weighted by Crippen LogP contribution is -2.08. The molecule has 1 heterocycles. The number of hydrogen-bond acceptors (Lipinski definition) is 4. The van der Waals surface area contributed by atoms with Crippen molar-refractivity contribution < 1.29 is 14.1 Å². The number of furan rings is 1. The average Bonchev–Trinajstić information content (AvgIpc) is 2.92. The predicted octanol–water partition coefficient (Wildman–Crippen LogP) is 3.49. The normalized spacial score (nSPS) is 10.7. The van der Waals surface area contributed by atoms with E-state index in [1.807, 2.05) is 0 Å². The average molecular weight is 293 g/mol. The van der Waals surface area contributed by atoms with Crippen molar-refractivity contribution in [2.75, 3.05) is 5.32 Å². The third-order valence-corrected chi connectivity index (χ3v) is 2.69. The van der Waals surface area contributed by atoms with Crippen LogP contribution in [0.1, 0.15) is 5.76 Å². The molecular weight excluding hydrogens is 284 g/mol. The Kier molecular flexibility index (Phi) is 4.17. The summed E-state index contributed by atoms with van der Waals surface area (Å²) < 4.78 is 5.03. The van der Waals surface area contributed by atoms with E-state index in [0.717, 1.165) is 0 Å². The monoisotopic (exact) mass is 292 g/mol. The number of non-ortho nitro benzene ring substituents is 1. The first-order valence-electron chi connectivity index (χ1n) is 5.53. The Morgan fingerprint density at radius 2 is 2.20 bits per heavy atom. The van der Waals surface area contributed by atoms with Gasteiger partial charge >= 0.3 is 0 Å². The third kappa shape index (κ3) is 3.46. The van der Waals surface area contributed by atoms with Crippen LogP contribution in [-0.2, 0) is 4.79 Å². The molecule has 20 heavy (non-hydrogen) atoms. The molecule has 0 unspecified atom stereocenters. The second-order valence-electron chi connectivity index (χ2n) is 3.76. The van der Waals surface area contributed by atoms with Gasteiger partial charge < -0.3 is 9.73 Å². The first-order chi connectivity index (χ1) is 9.56. The van der Waals surface area contributed by atoms with E-state index in [-0.39, 0.29) is 16.4 Å². The van der Waals surface area contributed by atoms with Crippen LogP contribution >= 0.6 is 11.6 Å². The maximum Gasteiger partial charge on any atom is 0.271 e. The fourth-order valence-corrected chi connectivity index (χ4v) is 1.61. The fourth-order valence-electron chi connectivity index (χ4n) is 1.44. The standard InChI is InChI=1S/C13H9ClN2O4/c14-11-5-3-9(16(18)19)8-12(11)15-13(17)6-4-10-2-1-7-20-10/h1-8H,(H,15,17)/b6-4+. The molecule has 0 saturated carbocycles. The highest BCUT2D eigenvalue weighted by molar-refractivity contribution is 6.34. The SMILES string of the molecule is O=C(/C=C/c1ccco1)Nc1cc([N+](=O)[O-])ccc1Cl. The van der Waals surface area contributed by atoms with Crippen molar-refractivity contribution in [3.63, 3.8) is 0 Å². The molecule has 0 aliphatic heterocycles. The fraction of sp³-hybridized carbons (Fsp3) is 0. The van der Waals surface area contributed by atoms with Gasteiger partial charge in [-0.25, -0.2) is 0 Å². The van der Waals surface area contributed by atoms with Gasteiger partial charge in [-0.1, -0.05) is 11.6 Å². The van der Waals surface area contributed by atoms with E-state index in [2.05, 4.69) is 5.32 Å². The minimum atomic E-state index is -0.565. The zero-order chi connectivity index (χ0) is 14.5. The predicted molar refractivity (Wildman–Crippen MR) is 74.5 cm³/mol. The minimum absolute atomic E-state index is 0.153. The Balaban J connectivity index is 2.11. The van der Waals surface area contributed by atoms with Crippen LogP contribution in [0.2, 0.25) is 5.02 Å². The van der Waals surface area contributed by atoms with Crippen LogP contribution in [-0.4, -0.2) is 10.8 Å². The molecular formula is C13H9ClN2O4. The zero-order valence-corrected chi connectivity index (χ0v) is 10.8. The van der Waals surface area contributed by atoms with Gasteiger partial charge in [0.15, 0.2) is 0 Å². The molecule has 0 atom stereocenters. The van der Waals surface area contributed by atoms with Gasteiger partial charge in [-0.3, -0.25) is 14.9 Å². The van der Waals surface area contributed by atoms with Gasteiger partial charge in [0.1, 0.15) is 5.76 Å². The summed E-state index contributed by atoms with van der Waals surface area (Å²) in [5.41, 5.74) is 0.0228. The highest BCUT2D eigenvalue weighted by atomic mass is 35.5. The van der Waals surface area contributed by atoms with E-state index in [1.165, 1.54) is 36.6 Å². The number of nitro benzene ring substituents is 1. The summed E-state index contributed by atoms with van der Waals surface area (Å²) in [6, 6.07) is 7.18. The molecule has 1 aromatic carbocycles. The second-order valence-corrected chi connectivity index (χ2v) is 4.17. The third-order valence-electron chi connectivity index (χ3n) is 2.36. The van der Waals surface area contributed by atoms with Gasteiger partial charge in [0.2, 0.25) is 5.91 Å². The van der Waals surface area contributed by atoms with Crippen molar-refractivity contribution in [1.29, 1.82) is 0 Å².